The number of anilines is 3. The number of benzene rings is 1. The van der Waals surface area contributed by atoms with Crippen LogP contribution in [-0.4, -0.2) is 57.3 Å². The summed E-state index contributed by atoms with van der Waals surface area (Å²) < 4.78 is 0. The summed E-state index contributed by atoms with van der Waals surface area (Å²) in [4.78, 5) is 34.8. The Labute approximate surface area is 194 Å². The average molecular weight is 477 g/mol. The maximum atomic E-state index is 12.5. The summed E-state index contributed by atoms with van der Waals surface area (Å²) in [5.41, 5.74) is 1.87. The lowest BCUT2D eigenvalue weighted by atomic mass is 10.1. The molecule has 0 saturated carbocycles. The molecule has 11 heteroatoms. The van der Waals surface area contributed by atoms with E-state index < -0.39 is 12.1 Å². The zero-order valence-corrected chi connectivity index (χ0v) is 18.9. The fourth-order valence-corrected chi connectivity index (χ4v) is 4.54. The summed E-state index contributed by atoms with van der Waals surface area (Å²) in [6.07, 6.45) is 2.27. The van der Waals surface area contributed by atoms with Gasteiger partial charge in [0.15, 0.2) is 0 Å². The molecule has 1 aliphatic rings. The van der Waals surface area contributed by atoms with Crippen molar-refractivity contribution in [1.82, 2.24) is 14.9 Å². The van der Waals surface area contributed by atoms with E-state index in [0.29, 0.717) is 40.3 Å². The molecule has 1 aliphatic heterocycles. The molecule has 0 spiro atoms. The normalized spacial score (nSPS) is 18.6. The average Bonchev–Trinajstić information content (AvgIpc) is 3.09. The highest BCUT2D eigenvalue weighted by Gasteiger charge is 2.34. The minimum Gasteiger partial charge on any atom is -0.465 e. The van der Waals surface area contributed by atoms with Gasteiger partial charge in [0.2, 0.25) is 0 Å². The second kappa shape index (κ2) is 8.76. The number of nitrogens with one attached hydrogen (secondary N) is 3. The number of amides is 3. The van der Waals surface area contributed by atoms with Crippen LogP contribution in [0, 0.1) is 0 Å². The fourth-order valence-electron chi connectivity index (χ4n) is 4.09. The van der Waals surface area contributed by atoms with Crippen LogP contribution in [0.2, 0.25) is 10.0 Å². The minimum absolute atomic E-state index is 0.206. The molecule has 4 rings (SSSR count). The van der Waals surface area contributed by atoms with Gasteiger partial charge in [0.25, 0.3) is 0 Å². The number of hydrogen-bond acceptors (Lipinski definition) is 4. The Morgan fingerprint density at radius 1 is 1.16 bits per heavy atom. The number of rotatable bonds is 3. The van der Waals surface area contributed by atoms with E-state index in [1.807, 2.05) is 24.8 Å². The highest BCUT2D eigenvalue weighted by Crippen LogP contribution is 2.30. The van der Waals surface area contributed by atoms with Gasteiger partial charge in [-0.2, -0.15) is 0 Å². The zero-order chi connectivity index (χ0) is 23.0. The number of aromatic amines is 1. The van der Waals surface area contributed by atoms with E-state index in [-0.39, 0.29) is 12.1 Å². The molecule has 0 aliphatic carbocycles. The number of piperazine rings is 1. The number of nitrogens with zero attached hydrogens (tertiary/aromatic N) is 3. The van der Waals surface area contributed by atoms with E-state index in [0.717, 1.165) is 10.9 Å². The number of aromatic nitrogens is 2. The number of fused-ring (bicyclic) bond motifs is 1. The topological polar surface area (TPSA) is 114 Å². The van der Waals surface area contributed by atoms with Gasteiger partial charge in [-0.1, -0.05) is 23.2 Å². The van der Waals surface area contributed by atoms with E-state index in [2.05, 4.69) is 20.6 Å². The van der Waals surface area contributed by atoms with Crippen LogP contribution in [0.25, 0.3) is 10.9 Å². The predicted molar refractivity (Wildman–Crippen MR) is 126 cm³/mol. The number of halogens is 2. The Morgan fingerprint density at radius 2 is 1.88 bits per heavy atom. The maximum Gasteiger partial charge on any atom is 0.407 e. The molecule has 0 radical (unpaired) electrons. The first kappa shape index (κ1) is 22.0. The molecule has 9 nitrogen and oxygen atoms in total. The van der Waals surface area contributed by atoms with Crippen molar-refractivity contribution in [1.29, 1.82) is 0 Å². The SMILES string of the molecule is CC1CN(c2ncc(NC(=O)Nc3c[nH]c4ccc(Cl)cc34)cc2Cl)CC(C)N1C(=O)O. The van der Waals surface area contributed by atoms with Crippen molar-refractivity contribution in [3.8, 4) is 0 Å². The highest BCUT2D eigenvalue weighted by atomic mass is 35.5. The van der Waals surface area contributed by atoms with Crippen LogP contribution in [0.4, 0.5) is 26.8 Å². The molecule has 168 valence electrons. The zero-order valence-electron chi connectivity index (χ0n) is 17.4. The molecular formula is C21H22Cl2N6O3. The van der Waals surface area contributed by atoms with Gasteiger partial charge in [-0.25, -0.2) is 14.6 Å². The predicted octanol–water partition coefficient (Wildman–Crippen LogP) is 5.09. The number of pyridine rings is 1. The van der Waals surface area contributed by atoms with Crippen molar-refractivity contribution in [3.63, 3.8) is 0 Å². The van der Waals surface area contributed by atoms with Crippen LogP contribution in [-0.2, 0) is 0 Å². The number of carbonyl (C=O) groups excluding carboxylic acids is 1. The maximum absolute atomic E-state index is 12.5. The van der Waals surface area contributed by atoms with Crippen molar-refractivity contribution in [3.05, 3.63) is 46.7 Å². The molecule has 2 unspecified atom stereocenters. The Hall–Kier alpha value is -3.17. The summed E-state index contributed by atoms with van der Waals surface area (Å²) in [5, 5.41) is 16.6. The highest BCUT2D eigenvalue weighted by molar-refractivity contribution is 6.33. The molecule has 3 amide bonds. The third-order valence-corrected chi connectivity index (χ3v) is 5.92. The van der Waals surface area contributed by atoms with Gasteiger partial charge >= 0.3 is 12.1 Å². The first-order chi connectivity index (χ1) is 15.2. The summed E-state index contributed by atoms with van der Waals surface area (Å²) in [6, 6.07) is 6.12. The third-order valence-electron chi connectivity index (χ3n) is 5.41. The van der Waals surface area contributed by atoms with Gasteiger partial charge < -0.3 is 25.6 Å². The third kappa shape index (κ3) is 4.39. The van der Waals surface area contributed by atoms with Crippen molar-refractivity contribution in [2.75, 3.05) is 28.6 Å². The van der Waals surface area contributed by atoms with Crippen LogP contribution in [0.1, 0.15) is 13.8 Å². The number of hydrogen-bond donors (Lipinski definition) is 4. The lowest BCUT2D eigenvalue weighted by Crippen LogP contribution is -2.58. The first-order valence-electron chi connectivity index (χ1n) is 9.99. The van der Waals surface area contributed by atoms with Gasteiger partial charge in [-0.3, -0.25) is 4.90 Å². The Kier molecular flexibility index (Phi) is 6.03. The van der Waals surface area contributed by atoms with Crippen molar-refractivity contribution in [2.45, 2.75) is 25.9 Å². The lowest BCUT2D eigenvalue weighted by Gasteiger charge is -2.43. The van der Waals surface area contributed by atoms with Crippen LogP contribution in [0.5, 0.6) is 0 Å². The minimum atomic E-state index is -0.938. The molecule has 3 aromatic rings. The summed E-state index contributed by atoms with van der Waals surface area (Å²) in [5.74, 6) is 0.549. The molecule has 1 aromatic carbocycles. The van der Waals surface area contributed by atoms with Gasteiger partial charge in [0.05, 0.1) is 34.7 Å². The second-order valence-electron chi connectivity index (χ2n) is 7.79. The van der Waals surface area contributed by atoms with Gasteiger partial charge in [0.1, 0.15) is 5.82 Å². The van der Waals surface area contributed by atoms with E-state index in [9.17, 15) is 14.7 Å². The molecule has 0 bridgehead atoms. The number of carbonyl (C=O) groups is 2. The molecular weight excluding hydrogens is 455 g/mol. The van der Waals surface area contributed by atoms with E-state index in [1.165, 1.54) is 11.1 Å². The summed E-state index contributed by atoms with van der Waals surface area (Å²) in [6.45, 7) is 4.64. The molecule has 32 heavy (non-hydrogen) atoms. The Bertz CT molecular complexity index is 1170. The quantitative estimate of drug-likeness (QED) is 0.420. The molecule has 1 saturated heterocycles. The fraction of sp³-hybridized carbons (Fsp3) is 0.286. The van der Waals surface area contributed by atoms with Gasteiger partial charge in [-0.05, 0) is 38.1 Å². The molecule has 1 fully saturated rings. The molecule has 3 heterocycles. The molecule has 2 atom stereocenters. The van der Waals surface area contributed by atoms with Gasteiger partial charge in [-0.15, -0.1) is 0 Å². The van der Waals surface area contributed by atoms with Crippen molar-refractivity contribution >= 4 is 63.4 Å². The molecule has 4 N–H and O–H groups in total. The lowest BCUT2D eigenvalue weighted by molar-refractivity contribution is 0.0981. The Balaban J connectivity index is 1.45. The number of urea groups is 1. The molecule has 2 aromatic heterocycles. The Morgan fingerprint density at radius 3 is 2.53 bits per heavy atom. The van der Waals surface area contributed by atoms with Crippen LogP contribution >= 0.6 is 23.2 Å². The number of carboxylic acid groups (broad SMARTS) is 1. The van der Waals surface area contributed by atoms with Crippen LogP contribution in [0.15, 0.2) is 36.7 Å². The van der Waals surface area contributed by atoms with Crippen LogP contribution < -0.4 is 15.5 Å². The second-order valence-corrected chi connectivity index (χ2v) is 8.64. The first-order valence-corrected chi connectivity index (χ1v) is 10.7. The largest absolute Gasteiger partial charge is 0.465 e. The van der Waals surface area contributed by atoms with E-state index in [4.69, 9.17) is 23.2 Å². The monoisotopic (exact) mass is 476 g/mol. The standard InChI is InChI=1S/C21H22Cl2N6O3/c1-11-9-28(10-12(2)29(11)21(31)32)19-16(23)6-14(7-25-19)26-20(30)27-18-8-24-17-4-3-13(22)5-15(17)18/h3-8,11-12,24H,9-10H2,1-2H3,(H,31,32)(H2,26,27,30). The van der Waals surface area contributed by atoms with Crippen molar-refractivity contribution < 1.29 is 14.7 Å². The van der Waals surface area contributed by atoms with Crippen LogP contribution in [0.3, 0.4) is 0 Å². The van der Waals surface area contributed by atoms with E-state index >= 15 is 0 Å². The summed E-state index contributed by atoms with van der Waals surface area (Å²) in [7, 11) is 0. The van der Waals surface area contributed by atoms with Crippen molar-refractivity contribution in [2.24, 2.45) is 0 Å². The number of H-pyrrole nitrogens is 1. The van der Waals surface area contributed by atoms with E-state index in [1.54, 1.807) is 24.4 Å². The smallest absolute Gasteiger partial charge is 0.407 e. The summed E-state index contributed by atoms with van der Waals surface area (Å²) >= 11 is 12.5. The van der Waals surface area contributed by atoms with Gasteiger partial charge in [0, 0.05) is 35.2 Å².